The molecule has 0 saturated carbocycles. The van der Waals surface area contributed by atoms with Crippen LogP contribution in [0.5, 0.6) is 0 Å². The van der Waals surface area contributed by atoms with Gasteiger partial charge >= 0.3 is 39.0 Å². The van der Waals surface area contributed by atoms with E-state index in [0.29, 0.717) is 0 Å². The van der Waals surface area contributed by atoms with Gasteiger partial charge in [0.15, 0.2) is 0 Å². The van der Waals surface area contributed by atoms with E-state index >= 15 is 0 Å². The second kappa shape index (κ2) is 41.6. The van der Waals surface area contributed by atoms with Crippen molar-refractivity contribution >= 4 is 65.7 Å². The molecule has 0 saturated heterocycles. The van der Waals surface area contributed by atoms with Crippen molar-refractivity contribution in [2.45, 2.75) is 214 Å². The number of rotatable bonds is 20. The number of benzene rings is 2. The molecule has 0 aliphatic rings. The first kappa shape index (κ1) is 86.1. The van der Waals surface area contributed by atoms with Crippen molar-refractivity contribution in [3.63, 3.8) is 0 Å². The summed E-state index contributed by atoms with van der Waals surface area (Å²) in [5.41, 5.74) is 36.4. The van der Waals surface area contributed by atoms with Crippen molar-refractivity contribution < 1.29 is 39.0 Å². The normalized spacial score (nSPS) is 10.9. The molecule has 0 N–H and O–H groups in total. The van der Waals surface area contributed by atoms with E-state index in [4.69, 9.17) is 9.97 Å². The summed E-state index contributed by atoms with van der Waals surface area (Å²) in [6, 6.07) is 33.4. The SMILES string of the molecule is CCc1cnc(-c2cc(CC)c(CC)cn2)cc1CC.CCc1cnc(-c2cc(CC)c(CC)cn2)cc1CC.CCc1cnc(-c2cc(CC)c(CC)cn2)cc1CC.CCc1cnc(-c2cc(CC)c(CC)cn2)cc1CC.[Ru+2].[Ru+2].c1cnc2c(c1)c1nc3c4cccnc4c4ncccc4c3nc1c1cccnc12. The Balaban J connectivity index is 0.000000162. The first-order chi connectivity index (χ1) is 53.8. The maximum absolute atomic E-state index is 5.14. The molecular weight excluding hydrogens is 1550 g/mol. The molecule has 0 amide bonds. The molecule has 0 aliphatic heterocycles. The summed E-state index contributed by atoms with van der Waals surface area (Å²) in [7, 11) is 0. The summed E-state index contributed by atoms with van der Waals surface area (Å²) in [5, 5.41) is 3.76. The molecule has 2 aromatic carbocycles. The Bertz CT molecular complexity index is 4800. The fourth-order valence-electron chi connectivity index (χ4n) is 14.8. The van der Waals surface area contributed by atoms with Crippen molar-refractivity contribution in [3.05, 3.63) is 260 Å². The molecule has 16 heteroatoms. The Morgan fingerprint density at radius 2 is 0.304 bits per heavy atom. The zero-order valence-electron chi connectivity index (χ0n) is 68.4. The number of aromatic nitrogens is 14. The number of fused-ring (bicyclic) bond motifs is 12. The molecule has 15 rings (SSSR count). The van der Waals surface area contributed by atoms with Gasteiger partial charge in [0, 0.05) is 95.9 Å². The van der Waals surface area contributed by atoms with Crippen molar-refractivity contribution in [2.24, 2.45) is 0 Å². The minimum Gasteiger partial charge on any atom is -0.254 e. The molecule has 0 spiro atoms. The average Bonchev–Trinajstić information content (AvgIpc) is 0.717. The van der Waals surface area contributed by atoms with Crippen LogP contribution in [-0.4, -0.2) is 69.8 Å². The summed E-state index contributed by atoms with van der Waals surface area (Å²) in [4.78, 5) is 65.4. The van der Waals surface area contributed by atoms with Gasteiger partial charge in [0.05, 0.1) is 89.7 Å². The van der Waals surface area contributed by atoms with Crippen LogP contribution in [-0.2, 0) is 142 Å². The summed E-state index contributed by atoms with van der Waals surface area (Å²) in [5.74, 6) is 0. The van der Waals surface area contributed by atoms with Gasteiger partial charge in [-0.25, -0.2) is 9.97 Å². The molecule has 15 aromatic rings. The average molecular weight is 1660 g/mol. The van der Waals surface area contributed by atoms with Crippen LogP contribution in [0.15, 0.2) is 171 Å². The molecule has 0 bridgehead atoms. The van der Waals surface area contributed by atoms with Crippen LogP contribution in [0.2, 0.25) is 0 Å². The Kier molecular flexibility index (Phi) is 32.0. The molecule has 13 heterocycles. The Hall–Kier alpha value is -9.87. The fourth-order valence-corrected chi connectivity index (χ4v) is 14.8. The van der Waals surface area contributed by atoms with Crippen LogP contribution in [0.1, 0.15) is 200 Å². The molecule has 13 aromatic heterocycles. The Morgan fingerprint density at radius 1 is 0.170 bits per heavy atom. The van der Waals surface area contributed by atoms with E-state index < -0.39 is 0 Å². The number of hydrogen-bond donors (Lipinski definition) is 0. The zero-order chi connectivity index (χ0) is 77.8. The van der Waals surface area contributed by atoms with Crippen LogP contribution in [0.25, 0.3) is 111 Å². The minimum atomic E-state index is 0. The smallest absolute Gasteiger partial charge is 0.254 e. The van der Waals surface area contributed by atoms with Gasteiger partial charge in [0.2, 0.25) is 0 Å². The van der Waals surface area contributed by atoms with Crippen LogP contribution >= 0.6 is 0 Å². The Labute approximate surface area is 689 Å². The first-order valence-electron chi connectivity index (χ1n) is 40.4. The summed E-state index contributed by atoms with van der Waals surface area (Å²) in [6.07, 6.45) is 39.9. The van der Waals surface area contributed by atoms with E-state index in [1.54, 1.807) is 24.8 Å². The van der Waals surface area contributed by atoms with Gasteiger partial charge in [-0.15, -0.1) is 0 Å². The monoisotopic (exact) mass is 1660 g/mol. The molecule has 0 atom stereocenters. The second-order valence-electron chi connectivity index (χ2n) is 27.6. The second-order valence-corrected chi connectivity index (χ2v) is 27.6. The fraction of sp³-hybridized carbons (Fsp3) is 0.333. The van der Waals surface area contributed by atoms with E-state index in [2.05, 4.69) is 219 Å². The summed E-state index contributed by atoms with van der Waals surface area (Å²) >= 11 is 0. The van der Waals surface area contributed by atoms with E-state index in [0.717, 1.165) is 214 Å². The van der Waals surface area contributed by atoms with Gasteiger partial charge in [-0.3, -0.25) is 59.8 Å². The standard InChI is InChI=1S/C24H12N6.4C18H24N2.2Ru/c1-5-13-17(25-9-1)18-14(6-2-10-26-18)22-21(13)29-23-15-7-3-11-27-19(15)20-16(24(23)30-22)8-4-12-28-20;4*1-5-13-9-17(19-11-15(13)7-3)18-10-14(6-2)16(8-4)12-20-18;;/h1-12H;4*9-12H,5-8H2,1-4H3;;/q;;;;;2*+2. The zero-order valence-corrected chi connectivity index (χ0v) is 71.9. The quantitative estimate of drug-likeness (QED) is 0.0399. The topological polar surface area (TPSA) is 180 Å². The van der Waals surface area contributed by atoms with Gasteiger partial charge in [-0.1, -0.05) is 111 Å². The van der Waals surface area contributed by atoms with E-state index in [-0.39, 0.29) is 39.0 Å². The summed E-state index contributed by atoms with van der Waals surface area (Å²) in [6.45, 7) is 35.0. The third kappa shape index (κ3) is 19.2. The van der Waals surface area contributed by atoms with Gasteiger partial charge in [-0.2, -0.15) is 0 Å². The van der Waals surface area contributed by atoms with Crippen molar-refractivity contribution in [3.8, 4) is 45.6 Å². The van der Waals surface area contributed by atoms with Crippen LogP contribution in [0, 0.1) is 0 Å². The summed E-state index contributed by atoms with van der Waals surface area (Å²) < 4.78 is 0. The minimum absolute atomic E-state index is 0. The molecule has 0 fully saturated rings. The largest absolute Gasteiger partial charge is 2.00 e. The number of pyridine rings is 12. The van der Waals surface area contributed by atoms with E-state index in [9.17, 15) is 0 Å². The predicted octanol–water partition coefficient (Wildman–Crippen LogP) is 22.5. The molecule has 14 nitrogen and oxygen atoms in total. The third-order valence-electron chi connectivity index (χ3n) is 21.4. The van der Waals surface area contributed by atoms with Crippen molar-refractivity contribution in [1.82, 2.24) is 69.8 Å². The van der Waals surface area contributed by atoms with Crippen LogP contribution in [0.3, 0.4) is 0 Å². The van der Waals surface area contributed by atoms with Gasteiger partial charge < -0.3 is 0 Å². The van der Waals surface area contributed by atoms with Crippen LogP contribution in [0.4, 0.5) is 0 Å². The van der Waals surface area contributed by atoms with Crippen molar-refractivity contribution in [2.75, 3.05) is 0 Å². The van der Waals surface area contributed by atoms with Gasteiger partial charge in [0.1, 0.15) is 0 Å². The van der Waals surface area contributed by atoms with Crippen molar-refractivity contribution in [1.29, 1.82) is 0 Å². The molecule has 112 heavy (non-hydrogen) atoms. The number of nitrogens with zero attached hydrogens (tertiary/aromatic N) is 14. The number of aryl methyl sites for hydroxylation is 16. The van der Waals surface area contributed by atoms with Gasteiger partial charge in [-0.05, 0) is 289 Å². The molecule has 0 unspecified atom stereocenters. The van der Waals surface area contributed by atoms with Gasteiger partial charge in [0.25, 0.3) is 0 Å². The van der Waals surface area contributed by atoms with E-state index in [1.165, 1.54) is 89.0 Å². The number of hydrogen-bond acceptors (Lipinski definition) is 14. The molecule has 0 radical (unpaired) electrons. The van der Waals surface area contributed by atoms with Crippen LogP contribution < -0.4 is 0 Å². The molecule has 574 valence electrons. The Morgan fingerprint density at radius 3 is 0.429 bits per heavy atom. The third-order valence-corrected chi connectivity index (χ3v) is 21.4. The maximum Gasteiger partial charge on any atom is 2.00 e. The first-order valence-corrected chi connectivity index (χ1v) is 40.4. The maximum atomic E-state index is 5.14. The van der Waals surface area contributed by atoms with E-state index in [1.807, 2.05) is 98.1 Å². The molecule has 0 aliphatic carbocycles. The predicted molar refractivity (Wildman–Crippen MR) is 458 cm³/mol. The molecular formula is C96H108N14Ru2+4.